The smallest absolute Gasteiger partial charge is 0.223 e. The van der Waals surface area contributed by atoms with Crippen LogP contribution in [0.3, 0.4) is 0 Å². The molecule has 2 bridgehead atoms. The standard InChI is InChI=1S/C21H38N2O2/c1-7-15(4)10-21(25)23-17-8-9-18(23)13-19(12-17)22(6)20(24)11-16(5)14(2)3/h14-19H,7-13H2,1-6H3. The molecule has 4 nitrogen and oxygen atoms in total. The fourth-order valence-corrected chi connectivity index (χ4v) is 4.28. The molecule has 2 saturated heterocycles. The molecule has 2 aliphatic heterocycles. The van der Waals surface area contributed by atoms with E-state index >= 15 is 0 Å². The number of rotatable bonds is 7. The molecule has 2 rings (SSSR count). The lowest BCUT2D eigenvalue weighted by atomic mass is 9.92. The molecule has 0 spiro atoms. The van der Waals surface area contributed by atoms with Crippen LogP contribution in [0.1, 0.15) is 79.6 Å². The second kappa shape index (κ2) is 8.55. The number of fused-ring (bicyclic) bond motifs is 2. The Morgan fingerprint density at radius 2 is 1.60 bits per heavy atom. The van der Waals surface area contributed by atoms with Crippen LogP contribution in [0.25, 0.3) is 0 Å². The van der Waals surface area contributed by atoms with Crippen LogP contribution in [0, 0.1) is 17.8 Å². The van der Waals surface area contributed by atoms with E-state index in [1.165, 1.54) is 0 Å². The zero-order valence-electron chi connectivity index (χ0n) is 17.1. The maximum absolute atomic E-state index is 12.7. The minimum atomic E-state index is 0.269. The summed E-state index contributed by atoms with van der Waals surface area (Å²) in [7, 11) is 1.97. The molecule has 4 atom stereocenters. The molecule has 25 heavy (non-hydrogen) atoms. The molecular formula is C21H38N2O2. The molecule has 4 heteroatoms. The Morgan fingerprint density at radius 3 is 2.08 bits per heavy atom. The van der Waals surface area contributed by atoms with E-state index in [0.717, 1.165) is 32.1 Å². The number of carbonyl (C=O) groups is 2. The highest BCUT2D eigenvalue weighted by molar-refractivity contribution is 5.78. The van der Waals surface area contributed by atoms with Crippen LogP contribution in [0.15, 0.2) is 0 Å². The van der Waals surface area contributed by atoms with Gasteiger partial charge in [-0.3, -0.25) is 9.59 Å². The highest BCUT2D eigenvalue weighted by atomic mass is 16.2. The SMILES string of the molecule is CCC(C)CC(=O)N1C2CCC1CC(N(C)C(=O)CC(C)C(C)C)C2. The molecule has 2 amide bonds. The molecule has 0 aromatic carbocycles. The zero-order valence-corrected chi connectivity index (χ0v) is 17.1. The first-order valence-corrected chi connectivity index (χ1v) is 10.3. The van der Waals surface area contributed by atoms with Crippen LogP contribution >= 0.6 is 0 Å². The van der Waals surface area contributed by atoms with E-state index in [-0.39, 0.29) is 5.91 Å². The number of hydrogen-bond donors (Lipinski definition) is 0. The van der Waals surface area contributed by atoms with Gasteiger partial charge < -0.3 is 9.80 Å². The van der Waals surface area contributed by atoms with Gasteiger partial charge in [0.05, 0.1) is 0 Å². The van der Waals surface area contributed by atoms with Gasteiger partial charge in [0.15, 0.2) is 0 Å². The summed E-state index contributed by atoms with van der Waals surface area (Å²) < 4.78 is 0. The third kappa shape index (κ3) is 4.77. The van der Waals surface area contributed by atoms with Crippen LogP contribution in [0.4, 0.5) is 0 Å². The van der Waals surface area contributed by atoms with Crippen LogP contribution < -0.4 is 0 Å². The average Bonchev–Trinajstić information content (AvgIpc) is 2.83. The Bertz CT molecular complexity index is 463. The fraction of sp³-hybridized carbons (Fsp3) is 0.905. The van der Waals surface area contributed by atoms with E-state index in [1.54, 1.807) is 0 Å². The first-order valence-electron chi connectivity index (χ1n) is 10.3. The van der Waals surface area contributed by atoms with Gasteiger partial charge in [0.25, 0.3) is 0 Å². The molecule has 0 N–H and O–H groups in total. The summed E-state index contributed by atoms with van der Waals surface area (Å²) in [6.07, 6.45) is 6.51. The molecule has 0 saturated carbocycles. The van der Waals surface area contributed by atoms with Gasteiger partial charge in [-0.2, -0.15) is 0 Å². The third-order valence-electron chi connectivity index (χ3n) is 6.79. The Kier molecular flexibility index (Phi) is 6.93. The summed E-state index contributed by atoms with van der Waals surface area (Å²) in [5.74, 6) is 2.02. The van der Waals surface area contributed by atoms with E-state index in [1.807, 2.05) is 11.9 Å². The van der Waals surface area contributed by atoms with Crippen molar-refractivity contribution in [3.8, 4) is 0 Å². The second-order valence-corrected chi connectivity index (χ2v) is 8.96. The molecule has 4 unspecified atom stereocenters. The van der Waals surface area contributed by atoms with Crippen LogP contribution in [-0.4, -0.2) is 46.8 Å². The molecule has 0 aliphatic carbocycles. The van der Waals surface area contributed by atoms with Gasteiger partial charge in [-0.15, -0.1) is 0 Å². The average molecular weight is 351 g/mol. The van der Waals surface area contributed by atoms with Gasteiger partial charge in [-0.1, -0.05) is 41.0 Å². The maximum Gasteiger partial charge on any atom is 0.223 e. The summed E-state index contributed by atoms with van der Waals surface area (Å²) in [6.45, 7) is 10.8. The van der Waals surface area contributed by atoms with Crippen molar-refractivity contribution in [1.82, 2.24) is 9.80 Å². The van der Waals surface area contributed by atoms with Crippen molar-refractivity contribution in [1.29, 1.82) is 0 Å². The number of hydrogen-bond acceptors (Lipinski definition) is 2. The van der Waals surface area contributed by atoms with Crippen LogP contribution in [0.5, 0.6) is 0 Å². The lowest BCUT2D eigenvalue weighted by molar-refractivity contribution is -0.140. The van der Waals surface area contributed by atoms with E-state index in [2.05, 4.69) is 39.5 Å². The molecule has 2 fully saturated rings. The monoisotopic (exact) mass is 350 g/mol. The lowest BCUT2D eigenvalue weighted by Gasteiger charge is -2.42. The molecular weight excluding hydrogens is 312 g/mol. The van der Waals surface area contributed by atoms with Crippen molar-refractivity contribution < 1.29 is 9.59 Å². The Balaban J connectivity index is 1.94. The Labute approximate surface area is 154 Å². The summed E-state index contributed by atoms with van der Waals surface area (Å²) in [5.41, 5.74) is 0. The largest absolute Gasteiger partial charge is 0.343 e. The van der Waals surface area contributed by atoms with E-state index in [4.69, 9.17) is 0 Å². The van der Waals surface area contributed by atoms with Gasteiger partial charge in [0.1, 0.15) is 0 Å². The van der Waals surface area contributed by atoms with Crippen molar-refractivity contribution in [2.75, 3.05) is 7.05 Å². The molecule has 2 aliphatic rings. The molecule has 144 valence electrons. The Hall–Kier alpha value is -1.06. The minimum absolute atomic E-state index is 0.269. The topological polar surface area (TPSA) is 40.6 Å². The van der Waals surface area contributed by atoms with Crippen LogP contribution in [-0.2, 0) is 9.59 Å². The number of carbonyl (C=O) groups excluding carboxylic acids is 2. The van der Waals surface area contributed by atoms with Crippen molar-refractivity contribution >= 4 is 11.8 Å². The third-order valence-corrected chi connectivity index (χ3v) is 6.79. The predicted octanol–water partition coefficient (Wildman–Crippen LogP) is 4.09. The highest BCUT2D eigenvalue weighted by Gasteiger charge is 2.44. The van der Waals surface area contributed by atoms with Crippen molar-refractivity contribution in [2.45, 2.75) is 97.7 Å². The minimum Gasteiger partial charge on any atom is -0.343 e. The highest BCUT2D eigenvalue weighted by Crippen LogP contribution is 2.38. The van der Waals surface area contributed by atoms with Gasteiger partial charge in [-0.25, -0.2) is 0 Å². The molecule has 0 radical (unpaired) electrons. The summed E-state index contributed by atoms with van der Waals surface area (Å²) in [5, 5.41) is 0. The number of amides is 2. The number of piperidine rings is 1. The first kappa shape index (κ1) is 20.3. The van der Waals surface area contributed by atoms with Crippen molar-refractivity contribution in [3.63, 3.8) is 0 Å². The van der Waals surface area contributed by atoms with Gasteiger partial charge >= 0.3 is 0 Å². The summed E-state index contributed by atoms with van der Waals surface area (Å²) >= 11 is 0. The molecule has 2 heterocycles. The predicted molar refractivity (Wildman–Crippen MR) is 102 cm³/mol. The Morgan fingerprint density at radius 1 is 1.04 bits per heavy atom. The number of nitrogens with zero attached hydrogens (tertiary/aromatic N) is 2. The molecule has 0 aromatic rings. The van der Waals surface area contributed by atoms with E-state index < -0.39 is 0 Å². The van der Waals surface area contributed by atoms with Crippen LogP contribution in [0.2, 0.25) is 0 Å². The normalized spacial score (nSPS) is 28.1. The van der Waals surface area contributed by atoms with Crippen molar-refractivity contribution in [3.05, 3.63) is 0 Å². The van der Waals surface area contributed by atoms with Gasteiger partial charge in [-0.05, 0) is 43.4 Å². The summed E-state index contributed by atoms with van der Waals surface area (Å²) in [6, 6.07) is 0.994. The second-order valence-electron chi connectivity index (χ2n) is 8.96. The van der Waals surface area contributed by atoms with Gasteiger partial charge in [0.2, 0.25) is 11.8 Å². The maximum atomic E-state index is 12.7. The molecule has 0 aromatic heterocycles. The zero-order chi connectivity index (χ0) is 18.7. The summed E-state index contributed by atoms with van der Waals surface area (Å²) in [4.78, 5) is 29.5. The van der Waals surface area contributed by atoms with E-state index in [0.29, 0.717) is 54.6 Å². The quantitative estimate of drug-likeness (QED) is 0.694. The first-order chi connectivity index (χ1) is 11.7. The van der Waals surface area contributed by atoms with E-state index in [9.17, 15) is 9.59 Å². The van der Waals surface area contributed by atoms with Crippen molar-refractivity contribution in [2.24, 2.45) is 17.8 Å². The fourth-order valence-electron chi connectivity index (χ4n) is 4.28. The van der Waals surface area contributed by atoms with Gasteiger partial charge in [0, 0.05) is 38.0 Å². The lowest BCUT2D eigenvalue weighted by Crippen LogP contribution is -2.53.